The fourth-order valence-corrected chi connectivity index (χ4v) is 3.15. The van der Waals surface area contributed by atoms with Crippen LogP contribution in [-0.2, 0) is 11.3 Å². The van der Waals surface area contributed by atoms with Gasteiger partial charge in [-0.2, -0.15) is 0 Å². The fraction of sp³-hybridized carbons (Fsp3) is 0.417. The van der Waals surface area contributed by atoms with Gasteiger partial charge >= 0.3 is 6.09 Å². The summed E-state index contributed by atoms with van der Waals surface area (Å²) in [5, 5.41) is 13.4. The molecule has 0 radical (unpaired) electrons. The molecule has 0 saturated heterocycles. The summed E-state index contributed by atoms with van der Waals surface area (Å²) in [6.07, 6.45) is -1.76. The molecule has 10 heteroatoms. The van der Waals surface area contributed by atoms with E-state index in [9.17, 15) is 19.1 Å². The van der Waals surface area contributed by atoms with Gasteiger partial charge in [0.1, 0.15) is 17.2 Å². The number of rotatable bonds is 9. The van der Waals surface area contributed by atoms with Crippen molar-refractivity contribution in [3.8, 4) is 5.75 Å². The number of benzene rings is 2. The fourth-order valence-electron chi connectivity index (χ4n) is 2.99. The molecular formula is C24H31ClFN3O5. The minimum absolute atomic E-state index is 0.0856. The zero-order chi connectivity index (χ0) is 25.5. The van der Waals surface area contributed by atoms with Crippen LogP contribution in [0.15, 0.2) is 36.4 Å². The van der Waals surface area contributed by atoms with Crippen LogP contribution in [0, 0.1) is 5.82 Å². The Kier molecular flexibility index (Phi) is 9.52. The number of hydrogen-bond acceptors (Lipinski definition) is 6. The van der Waals surface area contributed by atoms with Crippen molar-refractivity contribution in [1.82, 2.24) is 10.2 Å². The van der Waals surface area contributed by atoms with Gasteiger partial charge < -0.3 is 30.5 Å². The molecule has 0 saturated carbocycles. The van der Waals surface area contributed by atoms with Crippen LogP contribution in [-0.4, -0.2) is 53.4 Å². The maximum Gasteiger partial charge on any atom is 0.410 e. The largest absolute Gasteiger partial charge is 0.493 e. The molecule has 0 fully saturated rings. The quantitative estimate of drug-likeness (QED) is 0.453. The van der Waals surface area contributed by atoms with Crippen molar-refractivity contribution < 1.29 is 28.6 Å². The first kappa shape index (κ1) is 27.2. The van der Waals surface area contributed by atoms with E-state index in [0.717, 1.165) is 0 Å². The van der Waals surface area contributed by atoms with E-state index in [2.05, 4.69) is 5.32 Å². The molecule has 2 aromatic rings. The number of aliphatic hydroxyl groups excluding tert-OH is 1. The van der Waals surface area contributed by atoms with Crippen LogP contribution in [0.4, 0.5) is 14.9 Å². The van der Waals surface area contributed by atoms with Crippen LogP contribution in [0.5, 0.6) is 5.75 Å². The molecular weight excluding hydrogens is 465 g/mol. The molecule has 4 N–H and O–H groups in total. The minimum Gasteiger partial charge on any atom is -0.493 e. The van der Waals surface area contributed by atoms with Gasteiger partial charge in [-0.3, -0.25) is 4.79 Å². The third-order valence-corrected chi connectivity index (χ3v) is 4.84. The molecule has 0 aliphatic rings. The summed E-state index contributed by atoms with van der Waals surface area (Å²) in [5.74, 6) is -0.653. The van der Waals surface area contributed by atoms with E-state index in [0.29, 0.717) is 12.2 Å². The second-order valence-electron chi connectivity index (χ2n) is 8.65. The molecule has 8 nitrogen and oxygen atoms in total. The Morgan fingerprint density at radius 3 is 2.47 bits per heavy atom. The van der Waals surface area contributed by atoms with E-state index < -0.39 is 29.5 Å². The Morgan fingerprint density at radius 1 is 1.24 bits per heavy atom. The van der Waals surface area contributed by atoms with E-state index in [4.69, 9.17) is 26.8 Å². The summed E-state index contributed by atoms with van der Waals surface area (Å²) in [5.41, 5.74) is 6.14. The smallest absolute Gasteiger partial charge is 0.410 e. The van der Waals surface area contributed by atoms with E-state index in [1.165, 1.54) is 29.2 Å². The van der Waals surface area contributed by atoms with Crippen molar-refractivity contribution in [2.75, 3.05) is 25.4 Å². The standard InChI is InChI=1S/C24H31ClFN3O5/c1-5-33-21-11-20(27)19(25)10-18(21)22(31)28-12-17(30)14-29(23(32)34-24(2,3)4)13-15-6-8-16(26)9-7-15/h6-11,17,30H,5,12-14,27H2,1-4H3,(H,28,31). The van der Waals surface area contributed by atoms with Crippen LogP contribution in [0.2, 0.25) is 5.02 Å². The predicted molar refractivity (Wildman–Crippen MR) is 128 cm³/mol. The predicted octanol–water partition coefficient (Wildman–Crippen LogP) is 3.99. The average molecular weight is 496 g/mol. The van der Waals surface area contributed by atoms with E-state index >= 15 is 0 Å². The van der Waals surface area contributed by atoms with Crippen LogP contribution in [0.25, 0.3) is 0 Å². The monoisotopic (exact) mass is 495 g/mol. The van der Waals surface area contributed by atoms with E-state index in [1.807, 2.05) is 0 Å². The second-order valence-corrected chi connectivity index (χ2v) is 9.06. The van der Waals surface area contributed by atoms with Gasteiger partial charge in [0.15, 0.2) is 0 Å². The molecule has 0 aromatic heterocycles. The molecule has 0 spiro atoms. The lowest BCUT2D eigenvalue weighted by Crippen LogP contribution is -2.44. The SMILES string of the molecule is CCOc1cc(N)c(Cl)cc1C(=O)NCC(O)CN(Cc1ccc(F)cc1)C(=O)OC(C)(C)C. The highest BCUT2D eigenvalue weighted by molar-refractivity contribution is 6.33. The Labute approximate surface area is 203 Å². The van der Waals surface area contributed by atoms with Crippen LogP contribution in [0.3, 0.4) is 0 Å². The van der Waals surface area contributed by atoms with Gasteiger partial charge in [0.25, 0.3) is 5.91 Å². The van der Waals surface area contributed by atoms with Gasteiger partial charge in [-0.25, -0.2) is 9.18 Å². The Morgan fingerprint density at radius 2 is 1.88 bits per heavy atom. The van der Waals surface area contributed by atoms with Crippen molar-refractivity contribution in [3.05, 3.63) is 58.4 Å². The maximum atomic E-state index is 13.2. The maximum absolute atomic E-state index is 13.2. The first-order chi connectivity index (χ1) is 15.9. The third kappa shape index (κ3) is 8.39. The van der Waals surface area contributed by atoms with Gasteiger partial charge in [-0.05, 0) is 51.5 Å². The molecule has 186 valence electrons. The number of anilines is 1. The Bertz CT molecular complexity index is 995. The zero-order valence-corrected chi connectivity index (χ0v) is 20.5. The van der Waals surface area contributed by atoms with Gasteiger partial charge in [0, 0.05) is 19.2 Å². The molecule has 2 rings (SSSR count). The van der Waals surface area contributed by atoms with E-state index in [-0.39, 0.29) is 41.7 Å². The first-order valence-electron chi connectivity index (χ1n) is 10.8. The van der Waals surface area contributed by atoms with E-state index in [1.54, 1.807) is 39.8 Å². The van der Waals surface area contributed by atoms with Crippen molar-refractivity contribution in [2.45, 2.75) is 45.9 Å². The number of nitrogens with zero attached hydrogens (tertiary/aromatic N) is 1. The number of carbonyl (C=O) groups excluding carboxylic acids is 2. The van der Waals surface area contributed by atoms with Crippen molar-refractivity contribution >= 4 is 29.3 Å². The molecule has 1 atom stereocenters. The molecule has 0 aliphatic heterocycles. The van der Waals surface area contributed by atoms with Crippen LogP contribution in [0.1, 0.15) is 43.6 Å². The van der Waals surface area contributed by atoms with Crippen molar-refractivity contribution in [3.63, 3.8) is 0 Å². The molecule has 0 heterocycles. The van der Waals surface area contributed by atoms with Crippen molar-refractivity contribution in [1.29, 1.82) is 0 Å². The third-order valence-electron chi connectivity index (χ3n) is 4.51. The molecule has 2 amide bonds. The summed E-state index contributed by atoms with van der Waals surface area (Å²) < 4.78 is 24.1. The number of carbonyl (C=O) groups is 2. The summed E-state index contributed by atoms with van der Waals surface area (Å²) in [6.45, 7) is 7.06. The van der Waals surface area contributed by atoms with Crippen LogP contribution >= 0.6 is 11.6 Å². The minimum atomic E-state index is -1.11. The second kappa shape index (κ2) is 11.9. The van der Waals surface area contributed by atoms with Crippen molar-refractivity contribution in [2.24, 2.45) is 0 Å². The van der Waals surface area contributed by atoms with Crippen LogP contribution < -0.4 is 15.8 Å². The lowest BCUT2D eigenvalue weighted by molar-refractivity contribution is 0.0128. The molecule has 0 aliphatic carbocycles. The number of amides is 2. The highest BCUT2D eigenvalue weighted by atomic mass is 35.5. The average Bonchev–Trinajstić information content (AvgIpc) is 2.74. The molecule has 2 aromatic carbocycles. The summed E-state index contributed by atoms with van der Waals surface area (Å²) in [7, 11) is 0. The normalized spacial score (nSPS) is 12.1. The zero-order valence-electron chi connectivity index (χ0n) is 19.7. The summed E-state index contributed by atoms with van der Waals surface area (Å²) >= 11 is 6.04. The van der Waals surface area contributed by atoms with Gasteiger partial charge in [-0.15, -0.1) is 0 Å². The Hall–Kier alpha value is -3.04. The highest BCUT2D eigenvalue weighted by Gasteiger charge is 2.25. The van der Waals surface area contributed by atoms with Gasteiger partial charge in [0.2, 0.25) is 0 Å². The first-order valence-corrected chi connectivity index (χ1v) is 11.2. The molecule has 34 heavy (non-hydrogen) atoms. The highest BCUT2D eigenvalue weighted by Crippen LogP contribution is 2.29. The number of halogens is 2. The lowest BCUT2D eigenvalue weighted by atomic mass is 10.1. The number of nitrogens with two attached hydrogens (primary N) is 1. The number of nitrogens with one attached hydrogen (secondary N) is 1. The summed E-state index contributed by atoms with van der Waals surface area (Å²) in [4.78, 5) is 26.7. The topological polar surface area (TPSA) is 114 Å². The Balaban J connectivity index is 2.09. The molecule has 1 unspecified atom stereocenters. The van der Waals surface area contributed by atoms with Gasteiger partial charge in [-0.1, -0.05) is 23.7 Å². The number of ether oxygens (including phenoxy) is 2. The summed E-state index contributed by atoms with van der Waals surface area (Å²) in [6, 6.07) is 8.51. The number of hydrogen-bond donors (Lipinski definition) is 3. The number of nitrogen functional groups attached to an aromatic ring is 1. The lowest BCUT2D eigenvalue weighted by Gasteiger charge is -2.29. The number of aliphatic hydroxyl groups is 1. The van der Waals surface area contributed by atoms with Gasteiger partial charge in [0.05, 0.1) is 35.5 Å². The molecule has 0 bridgehead atoms.